The van der Waals surface area contributed by atoms with Gasteiger partial charge >= 0.3 is 0 Å². The van der Waals surface area contributed by atoms with Crippen molar-refractivity contribution in [3.8, 4) is 0 Å². The van der Waals surface area contributed by atoms with Gasteiger partial charge in [-0.2, -0.15) is 0 Å². The van der Waals surface area contributed by atoms with Crippen LogP contribution in [-0.4, -0.2) is 51.4 Å². The second-order valence-corrected chi connectivity index (χ2v) is 7.44. The maximum absolute atomic E-state index is 12.8. The van der Waals surface area contributed by atoms with Crippen molar-refractivity contribution in [2.24, 2.45) is 5.92 Å². The van der Waals surface area contributed by atoms with Crippen LogP contribution in [0.15, 0.2) is 18.6 Å². The molecule has 0 aromatic carbocycles. The van der Waals surface area contributed by atoms with Crippen LogP contribution in [0.5, 0.6) is 0 Å². The highest BCUT2D eigenvalue weighted by atomic mass is 16.2. The van der Waals surface area contributed by atoms with E-state index in [1.54, 1.807) is 13.2 Å². The van der Waals surface area contributed by atoms with Gasteiger partial charge in [0.25, 0.3) is 5.91 Å². The third-order valence-electron chi connectivity index (χ3n) is 5.70. The highest BCUT2D eigenvalue weighted by molar-refractivity contribution is 5.96. The van der Waals surface area contributed by atoms with Gasteiger partial charge in [-0.25, -0.2) is 9.97 Å². The van der Waals surface area contributed by atoms with Crippen LogP contribution in [0.4, 0.5) is 0 Å². The van der Waals surface area contributed by atoms with Crippen molar-refractivity contribution < 1.29 is 9.59 Å². The molecule has 0 bridgehead atoms. The van der Waals surface area contributed by atoms with Gasteiger partial charge < -0.3 is 14.8 Å². The zero-order valence-electron chi connectivity index (χ0n) is 15.1. The van der Waals surface area contributed by atoms with Gasteiger partial charge in [-0.05, 0) is 31.2 Å². The molecule has 1 saturated heterocycles. The molecule has 2 aliphatic rings. The Morgan fingerprint density at radius 2 is 2.04 bits per heavy atom. The molecule has 2 aromatic heterocycles. The largest absolute Gasteiger partial charge is 0.359 e. The van der Waals surface area contributed by atoms with Gasteiger partial charge in [0.2, 0.25) is 5.91 Å². The molecule has 0 spiro atoms. The molecule has 1 N–H and O–H groups in total. The first-order valence-electron chi connectivity index (χ1n) is 9.48. The van der Waals surface area contributed by atoms with Gasteiger partial charge in [-0.3, -0.25) is 9.59 Å². The van der Waals surface area contributed by atoms with Gasteiger partial charge in [0.1, 0.15) is 5.52 Å². The van der Waals surface area contributed by atoms with E-state index in [9.17, 15) is 9.59 Å². The lowest BCUT2D eigenvalue weighted by Gasteiger charge is -2.16. The Balaban J connectivity index is 1.48. The predicted molar refractivity (Wildman–Crippen MR) is 97.7 cm³/mol. The SMILES string of the molecule is CNC(=O)CC1CCN(C(=O)c2cnc3c(c2)ncn3C2CCCC2)C1. The molecular formula is C19H25N5O2. The third kappa shape index (κ3) is 3.18. The monoisotopic (exact) mass is 355 g/mol. The summed E-state index contributed by atoms with van der Waals surface area (Å²) in [5, 5.41) is 2.65. The molecule has 26 heavy (non-hydrogen) atoms. The average molecular weight is 355 g/mol. The molecular weight excluding hydrogens is 330 g/mol. The molecule has 7 nitrogen and oxygen atoms in total. The first-order valence-corrected chi connectivity index (χ1v) is 9.48. The number of likely N-dealkylation sites (tertiary alicyclic amines) is 1. The Morgan fingerprint density at radius 3 is 2.81 bits per heavy atom. The first kappa shape index (κ1) is 17.0. The van der Waals surface area contributed by atoms with Gasteiger partial charge in [0, 0.05) is 38.8 Å². The number of nitrogens with one attached hydrogen (secondary N) is 1. The fourth-order valence-corrected chi connectivity index (χ4v) is 4.22. The second-order valence-electron chi connectivity index (χ2n) is 7.44. The molecule has 3 heterocycles. The lowest BCUT2D eigenvalue weighted by atomic mass is 10.0. The number of carbonyl (C=O) groups excluding carboxylic acids is 2. The van der Waals surface area contributed by atoms with E-state index in [1.807, 2.05) is 17.3 Å². The first-order chi connectivity index (χ1) is 12.7. The average Bonchev–Trinajstić information content (AvgIpc) is 3.40. The predicted octanol–water partition coefficient (Wildman–Crippen LogP) is 2.14. The number of pyridine rings is 1. The van der Waals surface area contributed by atoms with Crippen LogP contribution in [0.1, 0.15) is 54.9 Å². The van der Waals surface area contributed by atoms with E-state index in [0.717, 1.165) is 17.6 Å². The van der Waals surface area contributed by atoms with Crippen LogP contribution in [0, 0.1) is 5.92 Å². The number of nitrogens with zero attached hydrogens (tertiary/aromatic N) is 4. The number of hydrogen-bond acceptors (Lipinski definition) is 4. The molecule has 1 unspecified atom stereocenters. The molecule has 2 aromatic rings. The molecule has 7 heteroatoms. The lowest BCUT2D eigenvalue weighted by Crippen LogP contribution is -2.29. The van der Waals surface area contributed by atoms with Gasteiger partial charge in [0.15, 0.2) is 5.65 Å². The highest BCUT2D eigenvalue weighted by Crippen LogP contribution is 2.31. The van der Waals surface area contributed by atoms with E-state index in [-0.39, 0.29) is 17.7 Å². The third-order valence-corrected chi connectivity index (χ3v) is 5.70. The van der Waals surface area contributed by atoms with Gasteiger partial charge in [-0.1, -0.05) is 12.8 Å². The Bertz CT molecular complexity index is 824. The molecule has 138 valence electrons. The van der Waals surface area contributed by atoms with E-state index < -0.39 is 0 Å². The van der Waals surface area contributed by atoms with Crippen LogP contribution in [0.3, 0.4) is 0 Å². The molecule has 1 saturated carbocycles. The van der Waals surface area contributed by atoms with Crippen LogP contribution < -0.4 is 5.32 Å². The summed E-state index contributed by atoms with van der Waals surface area (Å²) in [6, 6.07) is 2.33. The summed E-state index contributed by atoms with van der Waals surface area (Å²) in [6.45, 7) is 1.32. The fourth-order valence-electron chi connectivity index (χ4n) is 4.22. The van der Waals surface area contributed by atoms with E-state index in [2.05, 4.69) is 19.9 Å². The quantitative estimate of drug-likeness (QED) is 0.911. The maximum atomic E-state index is 12.8. The van der Waals surface area contributed by atoms with Crippen molar-refractivity contribution in [1.82, 2.24) is 24.8 Å². The summed E-state index contributed by atoms with van der Waals surface area (Å²) < 4.78 is 2.16. The smallest absolute Gasteiger partial charge is 0.255 e. The number of amides is 2. The summed E-state index contributed by atoms with van der Waals surface area (Å²) in [6.07, 6.45) is 9.73. The summed E-state index contributed by atoms with van der Waals surface area (Å²) in [7, 11) is 1.64. The highest BCUT2D eigenvalue weighted by Gasteiger charge is 2.29. The Hall–Kier alpha value is -2.44. The minimum absolute atomic E-state index is 0.0192. The van der Waals surface area contributed by atoms with Crippen LogP contribution in [0.2, 0.25) is 0 Å². The Labute approximate surface area is 152 Å². The topological polar surface area (TPSA) is 80.1 Å². The van der Waals surface area contributed by atoms with Crippen molar-refractivity contribution >= 4 is 23.0 Å². The van der Waals surface area contributed by atoms with Gasteiger partial charge in [-0.15, -0.1) is 0 Å². The normalized spacial score (nSPS) is 20.8. The van der Waals surface area contributed by atoms with Crippen LogP contribution in [-0.2, 0) is 4.79 Å². The van der Waals surface area contributed by atoms with Gasteiger partial charge in [0.05, 0.1) is 11.9 Å². The van der Waals surface area contributed by atoms with Crippen molar-refractivity contribution in [3.05, 3.63) is 24.2 Å². The van der Waals surface area contributed by atoms with Crippen LogP contribution in [0.25, 0.3) is 11.2 Å². The maximum Gasteiger partial charge on any atom is 0.255 e. The van der Waals surface area contributed by atoms with Crippen molar-refractivity contribution in [1.29, 1.82) is 0 Å². The van der Waals surface area contributed by atoms with Crippen LogP contribution >= 0.6 is 0 Å². The van der Waals surface area contributed by atoms with E-state index in [4.69, 9.17) is 0 Å². The standard InChI is InChI=1S/C19H25N5O2/c1-20-17(25)8-13-6-7-23(11-13)19(26)14-9-16-18(21-10-14)24(12-22-16)15-4-2-3-5-15/h9-10,12-13,15H,2-8,11H2,1H3,(H,20,25). The fraction of sp³-hybridized carbons (Fsp3) is 0.579. The number of imidazole rings is 1. The number of fused-ring (bicyclic) bond motifs is 1. The minimum Gasteiger partial charge on any atom is -0.359 e. The Morgan fingerprint density at radius 1 is 1.23 bits per heavy atom. The summed E-state index contributed by atoms with van der Waals surface area (Å²) in [5.41, 5.74) is 2.23. The molecule has 1 aliphatic carbocycles. The molecule has 1 aliphatic heterocycles. The van der Waals surface area contributed by atoms with E-state index >= 15 is 0 Å². The molecule has 0 radical (unpaired) electrons. The van der Waals surface area contributed by atoms with Crippen molar-refractivity contribution in [3.63, 3.8) is 0 Å². The Kier molecular flexibility index (Phi) is 4.61. The number of aromatic nitrogens is 3. The second kappa shape index (κ2) is 7.05. The molecule has 1 atom stereocenters. The lowest BCUT2D eigenvalue weighted by molar-refractivity contribution is -0.121. The summed E-state index contributed by atoms with van der Waals surface area (Å²) >= 11 is 0. The van der Waals surface area contributed by atoms with Crippen molar-refractivity contribution in [2.75, 3.05) is 20.1 Å². The number of hydrogen-bond donors (Lipinski definition) is 1. The molecule has 4 rings (SSSR count). The molecule has 2 amide bonds. The number of rotatable bonds is 4. The van der Waals surface area contributed by atoms with E-state index in [1.165, 1.54) is 25.7 Å². The van der Waals surface area contributed by atoms with Crippen molar-refractivity contribution in [2.45, 2.75) is 44.6 Å². The summed E-state index contributed by atoms with van der Waals surface area (Å²) in [5.74, 6) is 0.247. The zero-order chi connectivity index (χ0) is 18.1. The zero-order valence-corrected chi connectivity index (χ0v) is 15.1. The minimum atomic E-state index is -0.0192. The summed E-state index contributed by atoms with van der Waals surface area (Å²) in [4.78, 5) is 35.2. The molecule has 2 fully saturated rings. The number of carbonyl (C=O) groups is 2. The van der Waals surface area contributed by atoms with E-state index in [0.29, 0.717) is 31.1 Å².